The summed E-state index contributed by atoms with van der Waals surface area (Å²) < 4.78 is 1.10. The number of benzene rings is 1. The second-order valence-electron chi connectivity index (χ2n) is 6.62. The molecule has 29 heavy (non-hydrogen) atoms. The SMILES string of the molecule is Cc1ccc(NC(=O)c2ccc(=O)n(CCC(=O)Nc3ccc(C)cn3)n2)cc1. The van der Waals surface area contributed by atoms with Gasteiger partial charge in [0.2, 0.25) is 5.91 Å². The van der Waals surface area contributed by atoms with Crippen LogP contribution in [0.4, 0.5) is 11.5 Å². The molecule has 0 unspecified atom stereocenters. The maximum Gasteiger partial charge on any atom is 0.276 e. The Labute approximate surface area is 167 Å². The Hall–Kier alpha value is -3.81. The number of pyridine rings is 1. The van der Waals surface area contributed by atoms with Gasteiger partial charge in [-0.25, -0.2) is 9.67 Å². The number of carbonyl (C=O) groups excluding carboxylic acids is 2. The van der Waals surface area contributed by atoms with Gasteiger partial charge in [-0.2, -0.15) is 5.10 Å². The maximum atomic E-state index is 12.4. The van der Waals surface area contributed by atoms with Crippen LogP contribution in [-0.2, 0) is 11.3 Å². The van der Waals surface area contributed by atoms with Gasteiger partial charge in [0.15, 0.2) is 0 Å². The molecule has 0 aliphatic rings. The van der Waals surface area contributed by atoms with Crippen LogP contribution in [0.5, 0.6) is 0 Å². The number of nitrogens with one attached hydrogen (secondary N) is 2. The zero-order valence-corrected chi connectivity index (χ0v) is 16.2. The highest BCUT2D eigenvalue weighted by Crippen LogP contribution is 2.10. The molecule has 0 bridgehead atoms. The van der Waals surface area contributed by atoms with Gasteiger partial charge in [0, 0.05) is 24.4 Å². The maximum absolute atomic E-state index is 12.4. The van der Waals surface area contributed by atoms with E-state index in [1.54, 1.807) is 24.4 Å². The van der Waals surface area contributed by atoms with Crippen molar-refractivity contribution < 1.29 is 9.59 Å². The lowest BCUT2D eigenvalue weighted by Crippen LogP contribution is -2.28. The number of carbonyl (C=O) groups is 2. The van der Waals surface area contributed by atoms with E-state index in [0.29, 0.717) is 11.5 Å². The Balaban J connectivity index is 1.63. The van der Waals surface area contributed by atoms with Crippen LogP contribution in [0.2, 0.25) is 0 Å². The van der Waals surface area contributed by atoms with E-state index < -0.39 is 11.5 Å². The summed E-state index contributed by atoms with van der Waals surface area (Å²) in [7, 11) is 0. The molecule has 148 valence electrons. The van der Waals surface area contributed by atoms with E-state index >= 15 is 0 Å². The molecule has 0 spiro atoms. The van der Waals surface area contributed by atoms with Gasteiger partial charge in [-0.15, -0.1) is 0 Å². The average molecular weight is 391 g/mol. The largest absolute Gasteiger partial charge is 0.321 e. The Kier molecular flexibility index (Phi) is 6.13. The van der Waals surface area contributed by atoms with Crippen molar-refractivity contribution in [2.75, 3.05) is 10.6 Å². The Morgan fingerprint density at radius 2 is 1.66 bits per heavy atom. The van der Waals surface area contributed by atoms with E-state index in [2.05, 4.69) is 20.7 Å². The molecule has 2 aromatic heterocycles. The van der Waals surface area contributed by atoms with Crippen molar-refractivity contribution in [3.63, 3.8) is 0 Å². The van der Waals surface area contributed by atoms with Gasteiger partial charge >= 0.3 is 0 Å². The molecule has 8 heteroatoms. The predicted molar refractivity (Wildman–Crippen MR) is 110 cm³/mol. The van der Waals surface area contributed by atoms with E-state index in [1.165, 1.54) is 12.1 Å². The molecule has 0 aliphatic carbocycles. The van der Waals surface area contributed by atoms with Crippen molar-refractivity contribution in [1.82, 2.24) is 14.8 Å². The quantitative estimate of drug-likeness (QED) is 0.672. The van der Waals surface area contributed by atoms with E-state index in [0.717, 1.165) is 15.8 Å². The fraction of sp³-hybridized carbons (Fsp3) is 0.190. The molecule has 0 radical (unpaired) electrons. The molecule has 0 fully saturated rings. The molecule has 0 saturated heterocycles. The summed E-state index contributed by atoms with van der Waals surface area (Å²) in [5, 5.41) is 9.46. The topological polar surface area (TPSA) is 106 Å². The first kappa shape index (κ1) is 19.9. The number of anilines is 2. The lowest BCUT2D eigenvalue weighted by Gasteiger charge is -2.08. The highest BCUT2D eigenvalue weighted by molar-refractivity contribution is 6.02. The standard InChI is InChI=1S/C21H21N5O3/c1-14-3-6-16(7-4-14)23-21(29)17-8-10-20(28)26(25-17)12-11-19(27)24-18-9-5-15(2)13-22-18/h3-10,13H,11-12H2,1-2H3,(H,23,29)(H,22,24,27). The van der Waals surface area contributed by atoms with Crippen molar-refractivity contribution in [3.8, 4) is 0 Å². The number of aryl methyl sites for hydroxylation is 3. The van der Waals surface area contributed by atoms with Crippen LogP contribution in [0.15, 0.2) is 59.5 Å². The van der Waals surface area contributed by atoms with Crippen molar-refractivity contribution in [2.24, 2.45) is 0 Å². The minimum Gasteiger partial charge on any atom is -0.321 e. The normalized spacial score (nSPS) is 10.4. The van der Waals surface area contributed by atoms with Crippen LogP contribution >= 0.6 is 0 Å². The number of rotatable bonds is 6. The highest BCUT2D eigenvalue weighted by Gasteiger charge is 2.11. The first-order valence-electron chi connectivity index (χ1n) is 9.09. The minimum absolute atomic E-state index is 0.0193. The number of hydrogen-bond acceptors (Lipinski definition) is 5. The molecule has 0 atom stereocenters. The van der Waals surface area contributed by atoms with Crippen LogP contribution in [0, 0.1) is 13.8 Å². The van der Waals surface area contributed by atoms with Gasteiger partial charge in [-0.1, -0.05) is 23.8 Å². The average Bonchev–Trinajstić information content (AvgIpc) is 2.71. The second-order valence-corrected chi connectivity index (χ2v) is 6.62. The first-order chi connectivity index (χ1) is 13.9. The molecule has 8 nitrogen and oxygen atoms in total. The van der Waals surface area contributed by atoms with Gasteiger partial charge in [-0.05, 0) is 43.7 Å². The molecular formula is C21H21N5O3. The Morgan fingerprint density at radius 1 is 0.931 bits per heavy atom. The van der Waals surface area contributed by atoms with Crippen molar-refractivity contribution in [2.45, 2.75) is 26.8 Å². The third kappa shape index (κ3) is 5.58. The highest BCUT2D eigenvalue weighted by atomic mass is 16.2. The summed E-state index contributed by atoms with van der Waals surface area (Å²) in [5.74, 6) is -0.299. The molecule has 2 N–H and O–H groups in total. The van der Waals surface area contributed by atoms with Gasteiger partial charge in [-0.3, -0.25) is 14.4 Å². The molecule has 1 aromatic carbocycles. The third-order valence-electron chi connectivity index (χ3n) is 4.14. The molecule has 2 heterocycles. The summed E-state index contributed by atoms with van der Waals surface area (Å²) in [4.78, 5) is 40.6. The van der Waals surface area contributed by atoms with Crippen LogP contribution in [-0.4, -0.2) is 26.6 Å². The molecule has 0 aliphatic heterocycles. The number of hydrogen-bond donors (Lipinski definition) is 2. The van der Waals surface area contributed by atoms with E-state index in [4.69, 9.17) is 0 Å². The lowest BCUT2D eigenvalue weighted by molar-refractivity contribution is -0.116. The van der Waals surface area contributed by atoms with Crippen molar-refractivity contribution in [1.29, 1.82) is 0 Å². The van der Waals surface area contributed by atoms with Crippen molar-refractivity contribution >= 4 is 23.3 Å². The predicted octanol–water partition coefficient (Wildman–Crippen LogP) is 2.54. The number of amides is 2. The number of aromatic nitrogens is 3. The summed E-state index contributed by atoms with van der Waals surface area (Å²) in [6, 6.07) is 13.5. The van der Waals surface area contributed by atoms with E-state index in [1.807, 2.05) is 32.0 Å². The number of nitrogens with zero attached hydrogens (tertiary/aromatic N) is 3. The fourth-order valence-electron chi connectivity index (χ4n) is 2.52. The van der Waals surface area contributed by atoms with Crippen molar-refractivity contribution in [3.05, 3.63) is 81.9 Å². The molecule has 3 rings (SSSR count). The van der Waals surface area contributed by atoms with Crippen LogP contribution in [0.25, 0.3) is 0 Å². The van der Waals surface area contributed by atoms with Crippen LogP contribution < -0.4 is 16.2 Å². The van der Waals surface area contributed by atoms with Gasteiger partial charge in [0.25, 0.3) is 11.5 Å². The smallest absolute Gasteiger partial charge is 0.276 e. The third-order valence-corrected chi connectivity index (χ3v) is 4.14. The second kappa shape index (κ2) is 8.92. The summed E-state index contributed by atoms with van der Waals surface area (Å²) >= 11 is 0. The molecule has 0 saturated carbocycles. The zero-order chi connectivity index (χ0) is 20.8. The Morgan fingerprint density at radius 3 is 2.34 bits per heavy atom. The Bertz CT molecular complexity index is 1070. The first-order valence-corrected chi connectivity index (χ1v) is 9.09. The van der Waals surface area contributed by atoms with E-state index in [9.17, 15) is 14.4 Å². The monoisotopic (exact) mass is 391 g/mol. The van der Waals surface area contributed by atoms with Gasteiger partial charge in [0.1, 0.15) is 11.5 Å². The minimum atomic E-state index is -0.434. The zero-order valence-electron chi connectivity index (χ0n) is 16.2. The summed E-state index contributed by atoms with van der Waals surface area (Å²) in [6.07, 6.45) is 1.67. The summed E-state index contributed by atoms with van der Waals surface area (Å²) in [5.41, 5.74) is 2.39. The van der Waals surface area contributed by atoms with Gasteiger partial charge < -0.3 is 10.6 Å². The molecular weight excluding hydrogens is 370 g/mol. The molecule has 3 aromatic rings. The van der Waals surface area contributed by atoms with Crippen LogP contribution in [0.3, 0.4) is 0 Å². The molecule has 2 amide bonds. The lowest BCUT2D eigenvalue weighted by atomic mass is 10.2. The summed E-state index contributed by atoms with van der Waals surface area (Å²) in [6.45, 7) is 3.90. The van der Waals surface area contributed by atoms with Crippen LogP contribution in [0.1, 0.15) is 28.0 Å². The van der Waals surface area contributed by atoms with Gasteiger partial charge in [0.05, 0.1) is 6.54 Å². The van der Waals surface area contributed by atoms with E-state index in [-0.39, 0.29) is 24.6 Å². The fourth-order valence-corrected chi connectivity index (χ4v) is 2.52.